The number of carbonyl (C=O) groups excluding carboxylic acids is 1. The third-order valence-electron chi connectivity index (χ3n) is 2.84. The van der Waals surface area contributed by atoms with Crippen LogP contribution in [0.5, 0.6) is 0 Å². The zero-order valence-corrected chi connectivity index (χ0v) is 11.0. The second kappa shape index (κ2) is 5.67. The van der Waals surface area contributed by atoms with E-state index in [-0.39, 0.29) is 18.3 Å². The zero-order chi connectivity index (χ0) is 13.8. The maximum absolute atomic E-state index is 11.7. The van der Waals surface area contributed by atoms with Crippen molar-refractivity contribution in [3.63, 3.8) is 0 Å². The van der Waals surface area contributed by atoms with E-state index in [4.69, 9.17) is 0 Å². The molecule has 19 heavy (non-hydrogen) atoms. The molecule has 5 heteroatoms. The predicted octanol–water partition coefficient (Wildman–Crippen LogP) is 1.49. The average molecular weight is 259 g/mol. The molecular formula is C14H17N3O2. The van der Waals surface area contributed by atoms with Crippen LogP contribution in [0.15, 0.2) is 30.5 Å². The number of rotatable bonds is 4. The number of hydrogen-bond donors (Lipinski definition) is 3. The summed E-state index contributed by atoms with van der Waals surface area (Å²) in [5.74, 6) is -0.0622. The largest absolute Gasteiger partial charge is 0.387 e. The smallest absolute Gasteiger partial charge is 0.287 e. The molecule has 1 aromatic heterocycles. The summed E-state index contributed by atoms with van der Waals surface area (Å²) >= 11 is 0. The van der Waals surface area contributed by atoms with Crippen LogP contribution in [0, 0.1) is 13.8 Å². The van der Waals surface area contributed by atoms with Gasteiger partial charge < -0.3 is 15.4 Å². The number of carbonyl (C=O) groups is 1. The van der Waals surface area contributed by atoms with Gasteiger partial charge in [0.15, 0.2) is 5.82 Å². The molecule has 0 aliphatic carbocycles. The molecule has 1 atom stereocenters. The first-order valence-electron chi connectivity index (χ1n) is 6.10. The Morgan fingerprint density at radius 2 is 2.05 bits per heavy atom. The van der Waals surface area contributed by atoms with Crippen molar-refractivity contribution < 1.29 is 9.90 Å². The van der Waals surface area contributed by atoms with E-state index in [9.17, 15) is 9.90 Å². The van der Waals surface area contributed by atoms with Gasteiger partial charge in [0.2, 0.25) is 0 Å². The van der Waals surface area contributed by atoms with Gasteiger partial charge in [-0.3, -0.25) is 4.79 Å². The Morgan fingerprint density at radius 1 is 1.37 bits per heavy atom. The molecule has 0 spiro atoms. The lowest BCUT2D eigenvalue weighted by Crippen LogP contribution is -2.29. The molecule has 0 unspecified atom stereocenters. The fraction of sp³-hybridized carbons (Fsp3) is 0.286. The highest BCUT2D eigenvalue weighted by molar-refractivity contribution is 5.90. The highest BCUT2D eigenvalue weighted by Gasteiger charge is 2.12. The summed E-state index contributed by atoms with van der Waals surface area (Å²) in [6.45, 7) is 3.96. The van der Waals surface area contributed by atoms with Gasteiger partial charge in [-0.1, -0.05) is 29.8 Å². The molecule has 0 fully saturated rings. The predicted molar refractivity (Wildman–Crippen MR) is 71.8 cm³/mol. The van der Waals surface area contributed by atoms with Crippen molar-refractivity contribution >= 4 is 5.91 Å². The van der Waals surface area contributed by atoms with Gasteiger partial charge in [0.1, 0.15) is 0 Å². The van der Waals surface area contributed by atoms with Crippen molar-refractivity contribution in [2.24, 2.45) is 0 Å². The molecule has 0 aliphatic heterocycles. The summed E-state index contributed by atoms with van der Waals surface area (Å²) in [4.78, 5) is 18.5. The minimum Gasteiger partial charge on any atom is -0.387 e. The lowest BCUT2D eigenvalue weighted by Gasteiger charge is -2.11. The summed E-state index contributed by atoms with van der Waals surface area (Å²) in [6.07, 6.45) is 0.867. The minimum absolute atomic E-state index is 0.154. The van der Waals surface area contributed by atoms with Crippen molar-refractivity contribution in [1.82, 2.24) is 15.3 Å². The van der Waals surface area contributed by atoms with E-state index in [1.807, 2.05) is 38.1 Å². The second-order valence-corrected chi connectivity index (χ2v) is 4.55. The first-order valence-corrected chi connectivity index (χ1v) is 6.10. The van der Waals surface area contributed by atoms with Crippen LogP contribution in [0.2, 0.25) is 0 Å². The van der Waals surface area contributed by atoms with Crippen LogP contribution in [0.25, 0.3) is 0 Å². The van der Waals surface area contributed by atoms with Crippen molar-refractivity contribution in [3.8, 4) is 0 Å². The van der Waals surface area contributed by atoms with Crippen molar-refractivity contribution in [3.05, 3.63) is 53.1 Å². The molecule has 1 aromatic carbocycles. The summed E-state index contributed by atoms with van der Waals surface area (Å²) < 4.78 is 0. The van der Waals surface area contributed by atoms with Gasteiger partial charge in [-0.15, -0.1) is 0 Å². The number of amides is 1. The summed E-state index contributed by atoms with van der Waals surface area (Å²) in [5, 5.41) is 12.6. The average Bonchev–Trinajstić information content (AvgIpc) is 2.83. The molecule has 0 bridgehead atoms. The molecule has 3 N–H and O–H groups in total. The molecule has 5 nitrogen and oxygen atoms in total. The third kappa shape index (κ3) is 3.42. The number of aryl methyl sites for hydroxylation is 2. The molecule has 0 aliphatic rings. The van der Waals surface area contributed by atoms with E-state index in [2.05, 4.69) is 15.3 Å². The van der Waals surface area contributed by atoms with Gasteiger partial charge >= 0.3 is 0 Å². The zero-order valence-electron chi connectivity index (χ0n) is 11.0. The van der Waals surface area contributed by atoms with Crippen molar-refractivity contribution in [1.29, 1.82) is 0 Å². The number of aliphatic hydroxyl groups excluding tert-OH is 1. The number of nitrogens with one attached hydrogen (secondary N) is 2. The van der Waals surface area contributed by atoms with Gasteiger partial charge in [-0.2, -0.15) is 0 Å². The van der Waals surface area contributed by atoms with Crippen LogP contribution in [0.3, 0.4) is 0 Å². The van der Waals surface area contributed by atoms with Gasteiger partial charge in [0, 0.05) is 18.4 Å². The first-order chi connectivity index (χ1) is 9.06. The van der Waals surface area contributed by atoms with E-state index < -0.39 is 6.10 Å². The Hall–Kier alpha value is -2.14. The Balaban J connectivity index is 1.91. The van der Waals surface area contributed by atoms with E-state index >= 15 is 0 Å². The van der Waals surface area contributed by atoms with Crippen LogP contribution >= 0.6 is 0 Å². The number of aromatic nitrogens is 2. The van der Waals surface area contributed by atoms with Gasteiger partial charge in [0.25, 0.3) is 5.91 Å². The highest BCUT2D eigenvalue weighted by atomic mass is 16.3. The summed E-state index contributed by atoms with van der Waals surface area (Å²) in [6, 6.07) is 7.55. The van der Waals surface area contributed by atoms with E-state index in [0.29, 0.717) is 0 Å². The first kappa shape index (κ1) is 13.3. The number of benzene rings is 1. The minimum atomic E-state index is -0.722. The third-order valence-corrected chi connectivity index (χ3v) is 2.84. The molecule has 2 rings (SSSR count). The maximum atomic E-state index is 11.7. The normalized spacial score (nSPS) is 12.2. The monoisotopic (exact) mass is 259 g/mol. The Kier molecular flexibility index (Phi) is 3.97. The van der Waals surface area contributed by atoms with E-state index in [1.54, 1.807) is 6.20 Å². The van der Waals surface area contributed by atoms with E-state index in [0.717, 1.165) is 16.8 Å². The molecule has 0 radical (unpaired) electrons. The Labute approximate surface area is 111 Å². The topological polar surface area (TPSA) is 78.0 Å². The summed E-state index contributed by atoms with van der Waals surface area (Å²) in [7, 11) is 0. The van der Waals surface area contributed by atoms with Crippen molar-refractivity contribution in [2.45, 2.75) is 20.0 Å². The van der Waals surface area contributed by atoms with Gasteiger partial charge in [0.05, 0.1) is 6.10 Å². The van der Waals surface area contributed by atoms with Crippen LogP contribution in [0.4, 0.5) is 0 Å². The molecular weight excluding hydrogens is 242 g/mol. The molecule has 0 saturated carbocycles. The molecule has 1 heterocycles. The van der Waals surface area contributed by atoms with Crippen LogP contribution in [0.1, 0.15) is 33.5 Å². The lowest BCUT2D eigenvalue weighted by molar-refractivity contribution is 0.0907. The molecule has 1 amide bonds. The Morgan fingerprint density at radius 3 is 2.63 bits per heavy atom. The highest BCUT2D eigenvalue weighted by Crippen LogP contribution is 2.12. The number of nitrogens with zero attached hydrogens (tertiary/aromatic N) is 1. The number of imidazole rings is 1. The van der Waals surface area contributed by atoms with E-state index in [1.165, 1.54) is 0 Å². The Bertz CT molecular complexity index is 560. The second-order valence-electron chi connectivity index (χ2n) is 4.55. The van der Waals surface area contributed by atoms with Crippen LogP contribution in [-0.4, -0.2) is 27.5 Å². The fourth-order valence-corrected chi connectivity index (χ4v) is 1.71. The maximum Gasteiger partial charge on any atom is 0.287 e. The number of aliphatic hydroxyl groups is 1. The van der Waals surface area contributed by atoms with Gasteiger partial charge in [-0.25, -0.2) is 4.98 Å². The molecule has 2 aromatic rings. The standard InChI is InChI=1S/C14H17N3O2/c1-9-3-5-11(6-4-9)12(18)8-16-14(19)13-15-7-10(2)17-13/h3-7,12,18H,8H2,1-2H3,(H,15,17)(H,16,19)/t12-/m0/s1. The van der Waals surface area contributed by atoms with Crippen LogP contribution < -0.4 is 5.32 Å². The van der Waals surface area contributed by atoms with Crippen LogP contribution in [-0.2, 0) is 0 Å². The SMILES string of the molecule is Cc1ccc([C@@H](O)CNC(=O)c2ncc(C)[nH]2)cc1. The lowest BCUT2D eigenvalue weighted by atomic mass is 10.1. The fourth-order valence-electron chi connectivity index (χ4n) is 1.71. The molecule has 0 saturated heterocycles. The number of H-pyrrole nitrogens is 1. The quantitative estimate of drug-likeness (QED) is 0.778. The van der Waals surface area contributed by atoms with Crippen molar-refractivity contribution in [2.75, 3.05) is 6.54 Å². The molecule has 100 valence electrons. The summed E-state index contributed by atoms with van der Waals surface area (Å²) in [5.41, 5.74) is 2.73. The number of aromatic amines is 1. The van der Waals surface area contributed by atoms with Gasteiger partial charge in [-0.05, 0) is 19.4 Å². The number of hydrogen-bond acceptors (Lipinski definition) is 3.